The van der Waals surface area contributed by atoms with Gasteiger partial charge in [-0.05, 0) is 12.1 Å². The molecule has 0 aliphatic rings. The number of benzene rings is 1. The van der Waals surface area contributed by atoms with Crippen molar-refractivity contribution in [3.8, 4) is 5.75 Å². The Balaban J connectivity index is 2.40. The second kappa shape index (κ2) is 6.08. The largest absolute Gasteiger partial charge is 0.497 e. The van der Waals surface area contributed by atoms with Crippen LogP contribution in [0.3, 0.4) is 0 Å². The van der Waals surface area contributed by atoms with Gasteiger partial charge in [0, 0.05) is 30.2 Å². The summed E-state index contributed by atoms with van der Waals surface area (Å²) in [7, 11) is 3.35. The molecule has 0 saturated carbocycles. The van der Waals surface area contributed by atoms with Crippen molar-refractivity contribution in [1.82, 2.24) is 5.32 Å². The van der Waals surface area contributed by atoms with E-state index in [4.69, 9.17) is 13.9 Å². The number of ether oxygens (including phenoxy) is 2. The molecule has 4 heteroatoms. The third kappa shape index (κ3) is 3.08. The fourth-order valence-corrected chi connectivity index (χ4v) is 2.05. The molecule has 2 aromatic rings. The lowest BCUT2D eigenvalue weighted by Crippen LogP contribution is -2.22. The van der Waals surface area contributed by atoms with Crippen LogP contribution in [0.5, 0.6) is 5.75 Å². The van der Waals surface area contributed by atoms with Crippen LogP contribution >= 0.6 is 0 Å². The highest BCUT2D eigenvalue weighted by atomic mass is 16.5. The van der Waals surface area contributed by atoms with E-state index >= 15 is 0 Å². The van der Waals surface area contributed by atoms with Crippen LogP contribution in [0.2, 0.25) is 0 Å². The zero-order valence-electron chi connectivity index (χ0n) is 11.9. The van der Waals surface area contributed by atoms with E-state index in [0.29, 0.717) is 19.2 Å². The number of rotatable bonds is 6. The summed E-state index contributed by atoms with van der Waals surface area (Å²) in [6.07, 6.45) is 0. The molecule has 1 heterocycles. The van der Waals surface area contributed by atoms with Gasteiger partial charge < -0.3 is 19.2 Å². The normalized spacial score (nSPS) is 11.4. The Labute approximate surface area is 113 Å². The van der Waals surface area contributed by atoms with Crippen LogP contribution in [-0.2, 0) is 17.9 Å². The second-order valence-corrected chi connectivity index (χ2v) is 4.83. The minimum Gasteiger partial charge on any atom is -0.497 e. The van der Waals surface area contributed by atoms with E-state index in [0.717, 1.165) is 28.0 Å². The molecule has 19 heavy (non-hydrogen) atoms. The van der Waals surface area contributed by atoms with Crippen molar-refractivity contribution in [2.24, 2.45) is 0 Å². The van der Waals surface area contributed by atoms with Crippen molar-refractivity contribution in [2.75, 3.05) is 14.2 Å². The third-order valence-electron chi connectivity index (χ3n) is 3.04. The molecule has 1 aromatic heterocycles. The average Bonchev–Trinajstić information content (AvgIpc) is 2.74. The summed E-state index contributed by atoms with van der Waals surface area (Å²) < 4.78 is 16.4. The summed E-state index contributed by atoms with van der Waals surface area (Å²) in [5.74, 6) is 1.73. The predicted octanol–water partition coefficient (Wildman–Crippen LogP) is 3.09. The lowest BCUT2D eigenvalue weighted by Gasteiger charge is -2.07. The van der Waals surface area contributed by atoms with E-state index in [1.165, 1.54) is 0 Å². The monoisotopic (exact) mass is 263 g/mol. The molecule has 0 atom stereocenters. The van der Waals surface area contributed by atoms with E-state index in [9.17, 15) is 0 Å². The first-order valence-electron chi connectivity index (χ1n) is 6.46. The average molecular weight is 263 g/mol. The van der Waals surface area contributed by atoms with Gasteiger partial charge in [-0.1, -0.05) is 13.8 Å². The molecule has 1 N–H and O–H groups in total. The van der Waals surface area contributed by atoms with E-state index < -0.39 is 0 Å². The Morgan fingerprint density at radius 3 is 2.68 bits per heavy atom. The van der Waals surface area contributed by atoms with Crippen LogP contribution in [0, 0.1) is 0 Å². The van der Waals surface area contributed by atoms with E-state index in [-0.39, 0.29) is 0 Å². The van der Waals surface area contributed by atoms with Crippen LogP contribution in [0.15, 0.2) is 22.6 Å². The molecule has 0 aliphatic carbocycles. The molecule has 0 saturated heterocycles. The highest BCUT2D eigenvalue weighted by Gasteiger charge is 2.14. The van der Waals surface area contributed by atoms with E-state index in [1.54, 1.807) is 14.2 Å². The standard InChI is InChI=1S/C15H21NO3/c1-10(2)16-8-15-13(9-17-3)12-6-5-11(18-4)7-14(12)19-15/h5-7,10,16H,8-9H2,1-4H3. The Kier molecular flexibility index (Phi) is 4.45. The highest BCUT2D eigenvalue weighted by molar-refractivity contribution is 5.83. The molecular weight excluding hydrogens is 242 g/mol. The topological polar surface area (TPSA) is 43.6 Å². The fourth-order valence-electron chi connectivity index (χ4n) is 2.05. The number of methoxy groups -OCH3 is 2. The van der Waals surface area contributed by atoms with Crippen molar-refractivity contribution >= 4 is 11.0 Å². The van der Waals surface area contributed by atoms with Gasteiger partial charge in [-0.25, -0.2) is 0 Å². The molecule has 0 radical (unpaired) electrons. The number of fused-ring (bicyclic) bond motifs is 1. The van der Waals surface area contributed by atoms with Crippen molar-refractivity contribution in [3.63, 3.8) is 0 Å². The van der Waals surface area contributed by atoms with Crippen molar-refractivity contribution in [2.45, 2.75) is 33.0 Å². The molecule has 1 aromatic carbocycles. The van der Waals surface area contributed by atoms with E-state index in [2.05, 4.69) is 19.2 Å². The highest BCUT2D eigenvalue weighted by Crippen LogP contribution is 2.29. The van der Waals surface area contributed by atoms with Gasteiger partial charge in [0.2, 0.25) is 0 Å². The van der Waals surface area contributed by atoms with Crippen molar-refractivity contribution in [1.29, 1.82) is 0 Å². The zero-order valence-corrected chi connectivity index (χ0v) is 11.9. The van der Waals surface area contributed by atoms with Crippen LogP contribution in [0.4, 0.5) is 0 Å². The first-order chi connectivity index (χ1) is 9.15. The van der Waals surface area contributed by atoms with Crippen molar-refractivity contribution in [3.05, 3.63) is 29.5 Å². The van der Waals surface area contributed by atoms with Gasteiger partial charge in [0.05, 0.1) is 20.3 Å². The van der Waals surface area contributed by atoms with Gasteiger partial charge in [-0.2, -0.15) is 0 Å². The molecule has 0 spiro atoms. The van der Waals surface area contributed by atoms with Gasteiger partial charge in [0.15, 0.2) is 0 Å². The van der Waals surface area contributed by atoms with Crippen LogP contribution in [0.1, 0.15) is 25.2 Å². The molecule has 2 rings (SSSR count). The minimum absolute atomic E-state index is 0.415. The quantitative estimate of drug-likeness (QED) is 0.869. The number of furan rings is 1. The maximum Gasteiger partial charge on any atom is 0.138 e. The number of hydrogen-bond donors (Lipinski definition) is 1. The minimum atomic E-state index is 0.415. The Morgan fingerprint density at radius 1 is 1.26 bits per heavy atom. The first kappa shape index (κ1) is 13.9. The predicted molar refractivity (Wildman–Crippen MR) is 75.5 cm³/mol. The summed E-state index contributed by atoms with van der Waals surface area (Å²) >= 11 is 0. The maximum absolute atomic E-state index is 5.92. The van der Waals surface area contributed by atoms with Crippen LogP contribution in [-0.4, -0.2) is 20.3 Å². The lowest BCUT2D eigenvalue weighted by molar-refractivity contribution is 0.183. The SMILES string of the molecule is COCc1c(CNC(C)C)oc2cc(OC)ccc12. The van der Waals surface area contributed by atoms with Gasteiger partial charge in [-0.15, -0.1) is 0 Å². The Morgan fingerprint density at radius 2 is 2.05 bits per heavy atom. The molecular formula is C15H21NO3. The molecule has 0 unspecified atom stereocenters. The van der Waals surface area contributed by atoms with Gasteiger partial charge in [-0.3, -0.25) is 0 Å². The van der Waals surface area contributed by atoms with Crippen molar-refractivity contribution < 1.29 is 13.9 Å². The summed E-state index contributed by atoms with van der Waals surface area (Å²) in [6.45, 7) is 5.48. The van der Waals surface area contributed by atoms with Gasteiger partial charge in [0.25, 0.3) is 0 Å². The van der Waals surface area contributed by atoms with Crippen LogP contribution in [0.25, 0.3) is 11.0 Å². The maximum atomic E-state index is 5.92. The molecule has 0 aliphatic heterocycles. The first-order valence-corrected chi connectivity index (χ1v) is 6.46. The summed E-state index contributed by atoms with van der Waals surface area (Å²) in [5.41, 5.74) is 1.94. The summed E-state index contributed by atoms with van der Waals surface area (Å²) in [6, 6.07) is 6.28. The number of nitrogens with one attached hydrogen (secondary N) is 1. The number of hydrogen-bond acceptors (Lipinski definition) is 4. The second-order valence-electron chi connectivity index (χ2n) is 4.83. The Bertz CT molecular complexity index is 546. The molecule has 4 nitrogen and oxygen atoms in total. The van der Waals surface area contributed by atoms with Gasteiger partial charge in [0.1, 0.15) is 17.1 Å². The Hall–Kier alpha value is -1.52. The lowest BCUT2D eigenvalue weighted by atomic mass is 10.1. The van der Waals surface area contributed by atoms with E-state index in [1.807, 2.05) is 18.2 Å². The summed E-state index contributed by atoms with van der Waals surface area (Å²) in [4.78, 5) is 0. The zero-order chi connectivity index (χ0) is 13.8. The molecule has 104 valence electrons. The van der Waals surface area contributed by atoms with Crippen LogP contribution < -0.4 is 10.1 Å². The third-order valence-corrected chi connectivity index (χ3v) is 3.04. The summed E-state index contributed by atoms with van der Waals surface area (Å²) in [5, 5.41) is 4.46. The molecule has 0 amide bonds. The smallest absolute Gasteiger partial charge is 0.138 e. The fraction of sp³-hybridized carbons (Fsp3) is 0.467. The van der Waals surface area contributed by atoms with Gasteiger partial charge >= 0.3 is 0 Å². The molecule has 0 bridgehead atoms. The molecule has 0 fully saturated rings.